The molecule has 1 aliphatic heterocycles. The molecule has 0 aromatic heterocycles. The molecule has 134 valence electrons. The van der Waals surface area contributed by atoms with Gasteiger partial charge in [-0.15, -0.1) is 0 Å². The Labute approximate surface area is 154 Å². The summed E-state index contributed by atoms with van der Waals surface area (Å²) in [5.41, 5.74) is 4.85. The number of likely N-dealkylation sites (N-methyl/N-ethyl adjacent to an activating group) is 1. The first-order valence-electron chi connectivity index (χ1n) is 9.41. The van der Waals surface area contributed by atoms with E-state index >= 15 is 0 Å². The fourth-order valence-corrected chi connectivity index (χ4v) is 4.08. The van der Waals surface area contributed by atoms with E-state index in [9.17, 15) is 4.39 Å². The van der Waals surface area contributed by atoms with Gasteiger partial charge in [0.1, 0.15) is 11.9 Å². The van der Waals surface area contributed by atoms with Crippen LogP contribution in [0.25, 0.3) is 11.1 Å². The summed E-state index contributed by atoms with van der Waals surface area (Å²) >= 11 is 0. The van der Waals surface area contributed by atoms with Gasteiger partial charge in [0, 0.05) is 25.7 Å². The summed E-state index contributed by atoms with van der Waals surface area (Å²) < 4.78 is 14.2. The van der Waals surface area contributed by atoms with E-state index in [1.807, 2.05) is 19.2 Å². The predicted octanol–water partition coefficient (Wildman–Crippen LogP) is 4.04. The number of nitrogens with one attached hydrogen (secondary N) is 1. The maximum atomic E-state index is 14.2. The van der Waals surface area contributed by atoms with E-state index in [0.29, 0.717) is 12.0 Å². The topological polar surface area (TPSA) is 39.1 Å². The monoisotopic (exact) mass is 349 g/mol. The average Bonchev–Trinajstić information content (AvgIpc) is 3.40. The van der Waals surface area contributed by atoms with E-state index < -0.39 is 5.82 Å². The van der Waals surface area contributed by atoms with Crippen LogP contribution in [-0.2, 0) is 6.54 Å². The zero-order valence-electron chi connectivity index (χ0n) is 15.1. The molecular weight excluding hydrogens is 325 g/mol. The molecule has 0 bridgehead atoms. The van der Waals surface area contributed by atoms with Gasteiger partial charge in [0.15, 0.2) is 0 Å². The van der Waals surface area contributed by atoms with Gasteiger partial charge in [-0.1, -0.05) is 24.3 Å². The van der Waals surface area contributed by atoms with Crippen LogP contribution in [0.5, 0.6) is 0 Å². The second kappa shape index (κ2) is 7.19. The van der Waals surface area contributed by atoms with Crippen LogP contribution < -0.4 is 5.32 Å². The molecule has 0 spiro atoms. The predicted molar refractivity (Wildman–Crippen MR) is 101 cm³/mol. The number of nitrogens with zero attached hydrogens (tertiary/aromatic N) is 2. The number of likely N-dealkylation sites (tertiary alicyclic amines) is 1. The maximum Gasteiger partial charge on any atom is 0.141 e. The Bertz CT molecular complexity index is 851. The Morgan fingerprint density at radius 3 is 2.73 bits per heavy atom. The highest BCUT2D eigenvalue weighted by molar-refractivity contribution is 5.71. The van der Waals surface area contributed by atoms with Crippen molar-refractivity contribution in [2.75, 3.05) is 20.1 Å². The molecule has 2 aromatic carbocycles. The van der Waals surface area contributed by atoms with Crippen molar-refractivity contribution in [3.05, 3.63) is 58.9 Å². The van der Waals surface area contributed by atoms with E-state index in [2.05, 4.69) is 28.4 Å². The first kappa shape index (κ1) is 17.2. The number of rotatable bonds is 5. The second-order valence-corrected chi connectivity index (χ2v) is 7.47. The third-order valence-electron chi connectivity index (χ3n) is 5.66. The zero-order valence-corrected chi connectivity index (χ0v) is 15.1. The van der Waals surface area contributed by atoms with Crippen molar-refractivity contribution >= 4 is 0 Å². The highest BCUT2D eigenvalue weighted by atomic mass is 19.1. The number of benzene rings is 2. The summed E-state index contributed by atoms with van der Waals surface area (Å²) in [7, 11) is 2.03. The molecule has 0 amide bonds. The van der Waals surface area contributed by atoms with Crippen LogP contribution in [0.3, 0.4) is 0 Å². The van der Waals surface area contributed by atoms with Crippen LogP contribution >= 0.6 is 0 Å². The highest BCUT2D eigenvalue weighted by Gasteiger charge is 2.30. The summed E-state index contributed by atoms with van der Waals surface area (Å²) in [6.45, 7) is 3.15. The minimum atomic E-state index is -0.437. The molecule has 2 fully saturated rings. The molecule has 26 heavy (non-hydrogen) atoms. The highest BCUT2D eigenvalue weighted by Crippen LogP contribution is 2.46. The Kier molecular flexibility index (Phi) is 4.76. The molecular formula is C22H24FN3. The molecule has 4 rings (SSSR count). The molecule has 1 saturated carbocycles. The molecule has 1 N–H and O–H groups in total. The maximum absolute atomic E-state index is 14.2. The molecule has 1 heterocycles. The minimum absolute atomic E-state index is 0.105. The first-order valence-corrected chi connectivity index (χ1v) is 9.41. The normalized spacial score (nSPS) is 20.3. The number of halogens is 1. The van der Waals surface area contributed by atoms with Gasteiger partial charge in [-0.3, -0.25) is 4.90 Å². The lowest BCUT2D eigenvalue weighted by atomic mass is 9.91. The van der Waals surface area contributed by atoms with Gasteiger partial charge in [0.25, 0.3) is 0 Å². The molecule has 3 nitrogen and oxygen atoms in total. The standard InChI is InChI=1S/C22H24FN3/c1-25-19-9-10-26(14-19)13-18-3-2-4-20(22(18)15-5-6-15)16-7-8-17(12-24)21(23)11-16/h2-4,7-8,11,15,19,25H,5-6,9-10,13-14H2,1H3/t19-/m1/s1. The van der Waals surface area contributed by atoms with Crippen molar-refractivity contribution in [2.24, 2.45) is 0 Å². The lowest BCUT2D eigenvalue weighted by molar-refractivity contribution is 0.321. The third kappa shape index (κ3) is 3.38. The molecule has 2 aliphatic rings. The van der Waals surface area contributed by atoms with Crippen LogP contribution in [0.15, 0.2) is 36.4 Å². The molecule has 1 saturated heterocycles. The second-order valence-electron chi connectivity index (χ2n) is 7.47. The van der Waals surface area contributed by atoms with Gasteiger partial charge in [0.2, 0.25) is 0 Å². The van der Waals surface area contributed by atoms with Crippen molar-refractivity contribution in [3.63, 3.8) is 0 Å². The van der Waals surface area contributed by atoms with Gasteiger partial charge >= 0.3 is 0 Å². The summed E-state index contributed by atoms with van der Waals surface area (Å²) in [6.07, 6.45) is 3.61. The molecule has 2 aromatic rings. The number of hydrogen-bond acceptors (Lipinski definition) is 3. The largest absolute Gasteiger partial charge is 0.316 e. The van der Waals surface area contributed by atoms with E-state index in [-0.39, 0.29) is 5.56 Å². The van der Waals surface area contributed by atoms with E-state index in [0.717, 1.165) is 30.8 Å². The smallest absolute Gasteiger partial charge is 0.141 e. The van der Waals surface area contributed by atoms with Gasteiger partial charge in [-0.25, -0.2) is 4.39 Å². The lowest BCUT2D eigenvalue weighted by Crippen LogP contribution is -2.29. The molecule has 0 unspecified atom stereocenters. The van der Waals surface area contributed by atoms with Crippen molar-refractivity contribution in [3.8, 4) is 17.2 Å². The van der Waals surface area contributed by atoms with Crippen molar-refractivity contribution < 1.29 is 4.39 Å². The van der Waals surface area contributed by atoms with Gasteiger partial charge in [-0.05, 0) is 66.6 Å². The first-order chi connectivity index (χ1) is 12.7. The van der Waals surface area contributed by atoms with E-state index in [4.69, 9.17) is 5.26 Å². The summed E-state index contributed by atoms with van der Waals surface area (Å²) in [5.74, 6) is 0.149. The van der Waals surface area contributed by atoms with Crippen LogP contribution in [0.2, 0.25) is 0 Å². The lowest BCUT2D eigenvalue weighted by Gasteiger charge is -2.21. The average molecular weight is 349 g/mol. The zero-order chi connectivity index (χ0) is 18.1. The summed E-state index contributed by atoms with van der Waals surface area (Å²) in [6, 6.07) is 13.9. The quantitative estimate of drug-likeness (QED) is 0.886. The van der Waals surface area contributed by atoms with Crippen LogP contribution in [0.1, 0.15) is 41.9 Å². The minimum Gasteiger partial charge on any atom is -0.316 e. The molecule has 0 radical (unpaired) electrons. The Hall–Kier alpha value is -2.22. The van der Waals surface area contributed by atoms with Crippen LogP contribution in [0.4, 0.5) is 4.39 Å². The van der Waals surface area contributed by atoms with Gasteiger partial charge in [0.05, 0.1) is 5.56 Å². The fourth-order valence-electron chi connectivity index (χ4n) is 4.08. The van der Waals surface area contributed by atoms with Crippen molar-refractivity contribution in [1.29, 1.82) is 5.26 Å². The van der Waals surface area contributed by atoms with Crippen molar-refractivity contribution in [2.45, 2.75) is 37.8 Å². The van der Waals surface area contributed by atoms with Crippen LogP contribution in [-0.4, -0.2) is 31.1 Å². The van der Waals surface area contributed by atoms with E-state index in [1.54, 1.807) is 6.07 Å². The Morgan fingerprint density at radius 2 is 2.08 bits per heavy atom. The molecule has 1 aliphatic carbocycles. The third-order valence-corrected chi connectivity index (χ3v) is 5.66. The van der Waals surface area contributed by atoms with Gasteiger partial charge in [-0.2, -0.15) is 5.26 Å². The van der Waals surface area contributed by atoms with Gasteiger partial charge < -0.3 is 5.32 Å². The number of hydrogen-bond donors (Lipinski definition) is 1. The summed E-state index contributed by atoms with van der Waals surface area (Å²) in [5, 5.41) is 12.4. The Morgan fingerprint density at radius 1 is 1.23 bits per heavy atom. The molecule has 4 heteroatoms. The fraction of sp³-hybridized carbons (Fsp3) is 0.409. The SMILES string of the molecule is CN[C@@H]1CCN(Cc2cccc(-c3ccc(C#N)c(F)c3)c2C2CC2)C1. The Balaban J connectivity index is 1.68. The number of nitriles is 1. The molecule has 1 atom stereocenters. The van der Waals surface area contributed by atoms with E-state index in [1.165, 1.54) is 36.5 Å². The summed E-state index contributed by atoms with van der Waals surface area (Å²) in [4.78, 5) is 2.51. The van der Waals surface area contributed by atoms with Crippen molar-refractivity contribution in [1.82, 2.24) is 10.2 Å². The van der Waals surface area contributed by atoms with Crippen LogP contribution in [0, 0.1) is 17.1 Å².